The number of carbonyl (C=O) groups excluding carboxylic acids is 2. The Kier molecular flexibility index (Phi) is 6.31. The first kappa shape index (κ1) is 17.2. The highest BCUT2D eigenvalue weighted by molar-refractivity contribution is 7.09. The van der Waals surface area contributed by atoms with Crippen LogP contribution in [0.2, 0.25) is 5.02 Å². The Bertz CT molecular complexity index is 688. The maximum absolute atomic E-state index is 12.3. The largest absolute Gasteiger partial charge is 0.342 e. The topological polar surface area (TPSA) is 62.3 Å². The number of halogens is 1. The molecule has 2 aromatic rings. The molecule has 0 unspecified atom stereocenters. The normalized spacial score (nSPS) is 10.1. The van der Waals surface area contributed by atoms with Crippen LogP contribution in [0.1, 0.15) is 15.4 Å². The van der Waals surface area contributed by atoms with Gasteiger partial charge in [0, 0.05) is 22.6 Å². The van der Waals surface area contributed by atoms with Crippen molar-refractivity contribution in [3.8, 4) is 0 Å². The Balaban J connectivity index is 1.93. The van der Waals surface area contributed by atoms with Gasteiger partial charge < -0.3 is 10.2 Å². The number of carbonyl (C=O) groups is 2. The SMILES string of the molecule is C=CCN(Cc1cccs1)C(=O)CNC(=O)c1cc(Cl)ccn1. The molecule has 2 aromatic heterocycles. The van der Waals surface area contributed by atoms with Crippen molar-refractivity contribution in [2.24, 2.45) is 0 Å². The zero-order valence-electron chi connectivity index (χ0n) is 12.4. The second-order valence-electron chi connectivity index (χ2n) is 4.68. The molecule has 2 amide bonds. The molecular weight excluding hydrogens is 334 g/mol. The van der Waals surface area contributed by atoms with Crippen molar-refractivity contribution in [2.45, 2.75) is 6.54 Å². The molecule has 2 rings (SSSR count). The standard InChI is InChI=1S/C16H16ClN3O2S/c1-2-7-20(11-13-4-3-8-23-13)15(21)10-19-16(22)14-9-12(17)5-6-18-14/h2-6,8-9H,1,7,10-11H2,(H,19,22). The number of hydrogen-bond acceptors (Lipinski definition) is 4. The monoisotopic (exact) mass is 349 g/mol. The molecule has 2 heterocycles. The molecule has 0 saturated heterocycles. The van der Waals surface area contributed by atoms with E-state index in [4.69, 9.17) is 11.6 Å². The average Bonchev–Trinajstić information content (AvgIpc) is 3.05. The minimum absolute atomic E-state index is 0.105. The van der Waals surface area contributed by atoms with Crippen LogP contribution in [-0.4, -0.2) is 34.8 Å². The maximum Gasteiger partial charge on any atom is 0.270 e. The van der Waals surface area contributed by atoms with Gasteiger partial charge in [0.2, 0.25) is 5.91 Å². The van der Waals surface area contributed by atoms with E-state index >= 15 is 0 Å². The summed E-state index contributed by atoms with van der Waals surface area (Å²) in [5.74, 6) is -0.621. The number of aromatic nitrogens is 1. The van der Waals surface area contributed by atoms with Crippen molar-refractivity contribution >= 4 is 34.8 Å². The summed E-state index contributed by atoms with van der Waals surface area (Å²) in [4.78, 5) is 30.9. The van der Waals surface area contributed by atoms with Gasteiger partial charge in [-0.1, -0.05) is 23.7 Å². The Labute approximate surface area is 143 Å². The van der Waals surface area contributed by atoms with Crippen molar-refractivity contribution in [3.63, 3.8) is 0 Å². The third-order valence-corrected chi connectivity index (χ3v) is 4.08. The van der Waals surface area contributed by atoms with Crippen LogP contribution in [0.3, 0.4) is 0 Å². The molecule has 120 valence electrons. The second-order valence-corrected chi connectivity index (χ2v) is 6.15. The van der Waals surface area contributed by atoms with Crippen LogP contribution in [0.25, 0.3) is 0 Å². The van der Waals surface area contributed by atoms with Gasteiger partial charge in [-0.05, 0) is 23.6 Å². The first-order chi connectivity index (χ1) is 11.1. The number of rotatable bonds is 7. The van der Waals surface area contributed by atoms with Crippen molar-refractivity contribution in [3.05, 3.63) is 64.1 Å². The number of thiophene rings is 1. The Morgan fingerprint density at radius 1 is 1.43 bits per heavy atom. The average molecular weight is 350 g/mol. The van der Waals surface area contributed by atoms with E-state index in [0.717, 1.165) is 4.88 Å². The molecule has 0 aliphatic rings. The van der Waals surface area contributed by atoms with Gasteiger partial charge in [0.15, 0.2) is 0 Å². The molecule has 1 N–H and O–H groups in total. The summed E-state index contributed by atoms with van der Waals surface area (Å²) in [6.45, 7) is 4.47. The number of nitrogens with one attached hydrogen (secondary N) is 1. The summed E-state index contributed by atoms with van der Waals surface area (Å²) in [6.07, 6.45) is 3.10. The van der Waals surface area contributed by atoms with E-state index in [9.17, 15) is 9.59 Å². The third kappa shape index (κ3) is 5.19. The minimum atomic E-state index is -0.435. The number of pyridine rings is 1. The lowest BCUT2D eigenvalue weighted by molar-refractivity contribution is -0.130. The van der Waals surface area contributed by atoms with Crippen LogP contribution in [0.4, 0.5) is 0 Å². The molecule has 0 aromatic carbocycles. The number of amides is 2. The lowest BCUT2D eigenvalue weighted by atomic mass is 10.3. The van der Waals surface area contributed by atoms with E-state index < -0.39 is 5.91 Å². The summed E-state index contributed by atoms with van der Waals surface area (Å²) in [6, 6.07) is 6.93. The smallest absolute Gasteiger partial charge is 0.270 e. The summed E-state index contributed by atoms with van der Waals surface area (Å²) in [7, 11) is 0. The van der Waals surface area contributed by atoms with Gasteiger partial charge in [-0.3, -0.25) is 14.6 Å². The molecule has 5 nitrogen and oxygen atoms in total. The van der Waals surface area contributed by atoms with Crippen molar-refractivity contribution in [1.82, 2.24) is 15.2 Å². The summed E-state index contributed by atoms with van der Waals surface area (Å²) in [5, 5.41) is 4.94. The van der Waals surface area contributed by atoms with Crippen LogP contribution < -0.4 is 5.32 Å². The van der Waals surface area contributed by atoms with Gasteiger partial charge in [-0.25, -0.2) is 0 Å². The molecule has 0 spiro atoms. The summed E-state index contributed by atoms with van der Waals surface area (Å²) in [5.41, 5.74) is 0.179. The lowest BCUT2D eigenvalue weighted by Crippen LogP contribution is -2.40. The van der Waals surface area contributed by atoms with Crippen LogP contribution in [0.15, 0.2) is 48.5 Å². The fraction of sp³-hybridized carbons (Fsp3) is 0.188. The van der Waals surface area contributed by atoms with Gasteiger partial charge >= 0.3 is 0 Å². The van der Waals surface area contributed by atoms with Crippen molar-refractivity contribution in [2.75, 3.05) is 13.1 Å². The van der Waals surface area contributed by atoms with Gasteiger partial charge in [-0.2, -0.15) is 0 Å². The van der Waals surface area contributed by atoms with Gasteiger partial charge in [0.25, 0.3) is 5.91 Å². The molecule has 7 heteroatoms. The Morgan fingerprint density at radius 3 is 2.91 bits per heavy atom. The van der Waals surface area contributed by atoms with E-state index in [1.807, 2.05) is 17.5 Å². The summed E-state index contributed by atoms with van der Waals surface area (Å²) < 4.78 is 0. The van der Waals surface area contributed by atoms with E-state index in [2.05, 4.69) is 16.9 Å². The van der Waals surface area contributed by atoms with Crippen molar-refractivity contribution in [1.29, 1.82) is 0 Å². The first-order valence-electron chi connectivity index (χ1n) is 6.91. The highest BCUT2D eigenvalue weighted by Crippen LogP contribution is 2.12. The Morgan fingerprint density at radius 2 is 2.26 bits per heavy atom. The predicted molar refractivity (Wildman–Crippen MR) is 91.5 cm³/mol. The molecule has 0 fully saturated rings. The third-order valence-electron chi connectivity index (χ3n) is 2.98. The predicted octanol–water partition coefficient (Wildman–Crippen LogP) is 2.74. The highest BCUT2D eigenvalue weighted by Gasteiger charge is 2.15. The van der Waals surface area contributed by atoms with Gasteiger partial charge in [0.1, 0.15) is 5.69 Å². The van der Waals surface area contributed by atoms with Crippen LogP contribution in [-0.2, 0) is 11.3 Å². The molecule has 0 atom stereocenters. The van der Waals surface area contributed by atoms with E-state index in [1.165, 1.54) is 12.3 Å². The minimum Gasteiger partial charge on any atom is -0.342 e. The van der Waals surface area contributed by atoms with Gasteiger partial charge in [0.05, 0.1) is 13.1 Å². The van der Waals surface area contributed by atoms with Gasteiger partial charge in [-0.15, -0.1) is 17.9 Å². The van der Waals surface area contributed by atoms with Crippen LogP contribution in [0, 0.1) is 0 Å². The highest BCUT2D eigenvalue weighted by atomic mass is 35.5. The molecule has 0 radical (unpaired) electrons. The fourth-order valence-electron chi connectivity index (χ4n) is 1.89. The number of hydrogen-bond donors (Lipinski definition) is 1. The van der Waals surface area contributed by atoms with E-state index in [-0.39, 0.29) is 18.1 Å². The van der Waals surface area contributed by atoms with Crippen LogP contribution >= 0.6 is 22.9 Å². The molecule has 0 saturated carbocycles. The van der Waals surface area contributed by atoms with Crippen LogP contribution in [0.5, 0.6) is 0 Å². The quantitative estimate of drug-likeness (QED) is 0.782. The summed E-state index contributed by atoms with van der Waals surface area (Å²) >= 11 is 7.39. The van der Waals surface area contributed by atoms with Crippen molar-refractivity contribution < 1.29 is 9.59 Å². The number of nitrogens with zero attached hydrogens (tertiary/aromatic N) is 2. The first-order valence-corrected chi connectivity index (χ1v) is 8.16. The fourth-order valence-corrected chi connectivity index (χ4v) is 2.77. The molecule has 0 aliphatic carbocycles. The van der Waals surface area contributed by atoms with E-state index in [0.29, 0.717) is 18.1 Å². The molecule has 23 heavy (non-hydrogen) atoms. The Hall–Kier alpha value is -2.18. The second kappa shape index (κ2) is 8.45. The zero-order chi connectivity index (χ0) is 16.7. The molecule has 0 aliphatic heterocycles. The molecular formula is C16H16ClN3O2S. The van der Waals surface area contributed by atoms with E-state index in [1.54, 1.807) is 28.4 Å². The molecule has 0 bridgehead atoms. The zero-order valence-corrected chi connectivity index (χ0v) is 13.9. The lowest BCUT2D eigenvalue weighted by Gasteiger charge is -2.20. The maximum atomic E-state index is 12.3.